The zero-order chi connectivity index (χ0) is 21.6. The van der Waals surface area contributed by atoms with Crippen LogP contribution in [0, 0.1) is 5.92 Å². The second-order valence-corrected chi connectivity index (χ2v) is 7.06. The van der Waals surface area contributed by atoms with E-state index in [0.29, 0.717) is 12.8 Å². The van der Waals surface area contributed by atoms with Crippen molar-refractivity contribution in [2.45, 2.75) is 52.2 Å². The van der Waals surface area contributed by atoms with E-state index in [1.54, 1.807) is 6.08 Å². The van der Waals surface area contributed by atoms with Gasteiger partial charge in [0.2, 0.25) is 0 Å². The Labute approximate surface area is 169 Å². The van der Waals surface area contributed by atoms with Crippen molar-refractivity contribution in [2.24, 2.45) is 5.92 Å². The fraction of sp³-hybridized carbons (Fsp3) is 0.524. The van der Waals surface area contributed by atoms with Gasteiger partial charge in [-0.1, -0.05) is 12.7 Å². The molecule has 0 spiro atoms. The number of carbonyl (C=O) groups is 4. The predicted molar refractivity (Wildman–Crippen MR) is 101 cm³/mol. The van der Waals surface area contributed by atoms with Crippen molar-refractivity contribution in [3.05, 3.63) is 35.5 Å². The molecule has 1 saturated heterocycles. The Bertz CT molecular complexity index is 761. The summed E-state index contributed by atoms with van der Waals surface area (Å²) in [5.74, 6) is -2.52. The van der Waals surface area contributed by atoms with Crippen molar-refractivity contribution in [3.8, 4) is 0 Å². The van der Waals surface area contributed by atoms with E-state index in [0.717, 1.165) is 11.1 Å². The van der Waals surface area contributed by atoms with E-state index in [1.807, 2.05) is 6.08 Å². The Hall–Kier alpha value is -2.90. The van der Waals surface area contributed by atoms with Crippen molar-refractivity contribution in [2.75, 3.05) is 13.2 Å². The van der Waals surface area contributed by atoms with Gasteiger partial charge in [0.15, 0.2) is 0 Å². The summed E-state index contributed by atoms with van der Waals surface area (Å²) in [7, 11) is 0. The second kappa shape index (κ2) is 10.0. The van der Waals surface area contributed by atoms with Gasteiger partial charge in [-0.25, -0.2) is 4.79 Å². The van der Waals surface area contributed by atoms with Gasteiger partial charge in [-0.05, 0) is 30.1 Å². The first kappa shape index (κ1) is 22.4. The van der Waals surface area contributed by atoms with Crippen LogP contribution < -0.4 is 0 Å². The largest absolute Gasteiger partial charge is 0.461 e. The zero-order valence-electron chi connectivity index (χ0n) is 16.9. The number of carbonyl (C=O) groups excluding carboxylic acids is 4. The van der Waals surface area contributed by atoms with Gasteiger partial charge in [-0.3, -0.25) is 14.4 Å². The number of hydrogen-bond acceptors (Lipinski definition) is 8. The van der Waals surface area contributed by atoms with Crippen LogP contribution in [-0.2, 0) is 38.1 Å². The third-order valence-corrected chi connectivity index (χ3v) is 4.66. The molecular formula is C21H26O8. The number of ether oxygens (including phenoxy) is 4. The summed E-state index contributed by atoms with van der Waals surface area (Å²) in [5.41, 5.74) is 1.73. The Morgan fingerprint density at radius 2 is 1.69 bits per heavy atom. The van der Waals surface area contributed by atoms with Gasteiger partial charge >= 0.3 is 23.9 Å². The summed E-state index contributed by atoms with van der Waals surface area (Å²) in [5, 5.41) is 0. The van der Waals surface area contributed by atoms with Crippen molar-refractivity contribution >= 4 is 23.9 Å². The van der Waals surface area contributed by atoms with Gasteiger partial charge in [0.05, 0.1) is 5.92 Å². The highest BCUT2D eigenvalue weighted by molar-refractivity contribution is 5.91. The summed E-state index contributed by atoms with van der Waals surface area (Å²) < 4.78 is 21.2. The number of allylic oxidation sites excluding steroid dienone is 1. The van der Waals surface area contributed by atoms with Crippen LogP contribution in [0.2, 0.25) is 0 Å². The Morgan fingerprint density at radius 1 is 1.07 bits per heavy atom. The molecule has 1 fully saturated rings. The molecule has 1 aliphatic carbocycles. The lowest BCUT2D eigenvalue weighted by Gasteiger charge is -2.27. The van der Waals surface area contributed by atoms with Gasteiger partial charge in [0.25, 0.3) is 0 Å². The molecule has 8 heteroatoms. The SMILES string of the molecule is C=C1C(=O)O[C@@H]2/C=C(/COC(C)=O)CC/C=C(\COC(C)=O)C[C@H](OC(C)=O)[C@@H]12. The predicted octanol–water partition coefficient (Wildman–Crippen LogP) is 2.18. The monoisotopic (exact) mass is 406 g/mol. The summed E-state index contributed by atoms with van der Waals surface area (Å²) in [6.07, 6.45) is 3.65. The van der Waals surface area contributed by atoms with Crippen LogP contribution in [-0.4, -0.2) is 49.3 Å². The maximum absolute atomic E-state index is 12.2. The van der Waals surface area contributed by atoms with Crippen molar-refractivity contribution in [3.63, 3.8) is 0 Å². The van der Waals surface area contributed by atoms with Gasteiger partial charge in [-0.2, -0.15) is 0 Å². The number of hydrogen-bond donors (Lipinski definition) is 0. The highest BCUT2D eigenvalue weighted by Crippen LogP contribution is 2.36. The molecule has 1 heterocycles. The van der Waals surface area contributed by atoms with E-state index in [1.165, 1.54) is 20.8 Å². The van der Waals surface area contributed by atoms with Crippen LogP contribution in [0.4, 0.5) is 0 Å². The molecule has 0 unspecified atom stereocenters. The molecule has 2 rings (SSSR count). The number of esters is 4. The van der Waals surface area contributed by atoms with E-state index in [2.05, 4.69) is 6.58 Å². The molecule has 0 amide bonds. The fourth-order valence-electron chi connectivity index (χ4n) is 3.38. The molecule has 0 saturated carbocycles. The van der Waals surface area contributed by atoms with Crippen molar-refractivity contribution in [1.29, 1.82) is 0 Å². The standard InChI is InChI=1S/C21H26O8/c1-12-20-18(28-15(4)24)8-16(10-26-13(2)22)6-5-7-17(11-27-14(3)23)9-19(20)29-21(12)25/h6,9,18-20H,1,5,7-8,10-11H2,2-4H3/b16-6-,17-9+/t18-,19+,20+/m0/s1. The maximum atomic E-state index is 12.2. The minimum absolute atomic E-state index is 0.0504. The summed E-state index contributed by atoms with van der Waals surface area (Å²) in [4.78, 5) is 46.3. The van der Waals surface area contributed by atoms with Crippen LogP contribution in [0.15, 0.2) is 35.5 Å². The molecule has 0 bridgehead atoms. The molecule has 0 aromatic rings. The lowest BCUT2D eigenvalue weighted by Crippen LogP contribution is -2.33. The molecule has 8 nitrogen and oxygen atoms in total. The molecule has 29 heavy (non-hydrogen) atoms. The maximum Gasteiger partial charge on any atom is 0.334 e. The van der Waals surface area contributed by atoms with E-state index in [9.17, 15) is 19.2 Å². The Balaban J connectivity index is 2.39. The second-order valence-electron chi connectivity index (χ2n) is 7.06. The van der Waals surface area contributed by atoms with Crippen molar-refractivity contribution in [1.82, 2.24) is 0 Å². The fourth-order valence-corrected chi connectivity index (χ4v) is 3.38. The van der Waals surface area contributed by atoms with Crippen LogP contribution >= 0.6 is 0 Å². The zero-order valence-corrected chi connectivity index (χ0v) is 16.9. The van der Waals surface area contributed by atoms with E-state index >= 15 is 0 Å². The van der Waals surface area contributed by atoms with E-state index in [4.69, 9.17) is 18.9 Å². The summed E-state index contributed by atoms with van der Waals surface area (Å²) >= 11 is 0. The first-order chi connectivity index (χ1) is 13.7. The molecule has 0 radical (unpaired) electrons. The third-order valence-electron chi connectivity index (χ3n) is 4.66. The third kappa shape index (κ3) is 6.58. The van der Waals surface area contributed by atoms with Gasteiger partial charge in [0.1, 0.15) is 25.4 Å². The summed E-state index contributed by atoms with van der Waals surface area (Å²) in [6, 6.07) is 0. The number of rotatable bonds is 5. The first-order valence-corrected chi connectivity index (χ1v) is 9.38. The highest BCUT2D eigenvalue weighted by atomic mass is 16.6. The minimum atomic E-state index is -0.720. The molecule has 3 atom stereocenters. The lowest BCUT2D eigenvalue weighted by molar-refractivity contribution is -0.150. The molecule has 0 aromatic carbocycles. The van der Waals surface area contributed by atoms with Gasteiger partial charge in [-0.15, -0.1) is 0 Å². The Morgan fingerprint density at radius 3 is 2.28 bits per heavy atom. The molecule has 0 aromatic heterocycles. The molecule has 1 aliphatic heterocycles. The van der Waals surface area contributed by atoms with Crippen LogP contribution in [0.25, 0.3) is 0 Å². The number of fused-ring (bicyclic) bond motifs is 1. The topological polar surface area (TPSA) is 105 Å². The van der Waals surface area contributed by atoms with Gasteiger partial charge in [0, 0.05) is 32.8 Å². The molecule has 2 aliphatic rings. The average molecular weight is 406 g/mol. The lowest BCUT2D eigenvalue weighted by atomic mass is 9.85. The van der Waals surface area contributed by atoms with E-state index < -0.39 is 42.0 Å². The average Bonchev–Trinajstić information content (AvgIpc) is 2.89. The highest BCUT2D eigenvalue weighted by Gasteiger charge is 2.44. The normalized spacial score (nSPS) is 28.0. The Kier molecular flexibility index (Phi) is 7.75. The molecule has 158 valence electrons. The van der Waals surface area contributed by atoms with Crippen molar-refractivity contribution < 1.29 is 38.1 Å². The smallest absolute Gasteiger partial charge is 0.334 e. The first-order valence-electron chi connectivity index (χ1n) is 9.38. The van der Waals surface area contributed by atoms with E-state index in [-0.39, 0.29) is 25.2 Å². The van der Waals surface area contributed by atoms with Gasteiger partial charge < -0.3 is 18.9 Å². The minimum Gasteiger partial charge on any atom is -0.461 e. The van der Waals surface area contributed by atoms with Crippen LogP contribution in [0.3, 0.4) is 0 Å². The quantitative estimate of drug-likeness (QED) is 0.296. The summed E-state index contributed by atoms with van der Waals surface area (Å²) in [6.45, 7) is 7.84. The molecular weight excluding hydrogens is 380 g/mol. The molecule has 0 N–H and O–H groups in total. The van der Waals surface area contributed by atoms with Crippen LogP contribution in [0.1, 0.15) is 40.0 Å². The van der Waals surface area contributed by atoms with Crippen LogP contribution in [0.5, 0.6) is 0 Å².